The number of pyridine rings is 1. The summed E-state index contributed by atoms with van der Waals surface area (Å²) in [6.07, 6.45) is 1.84. The van der Waals surface area contributed by atoms with Gasteiger partial charge >= 0.3 is 0 Å². The summed E-state index contributed by atoms with van der Waals surface area (Å²) in [4.78, 5) is 6.66. The maximum Gasteiger partial charge on any atom is 0.136 e. The molecule has 2 aromatic rings. The number of aromatic nitrogens is 1. The van der Waals surface area contributed by atoms with Gasteiger partial charge in [-0.2, -0.15) is 0 Å². The fraction of sp³-hybridized carbons (Fsp3) is 0.357. The molecule has 1 aromatic heterocycles. The number of hydrogen-bond acceptors (Lipinski definition) is 3. The Balaban J connectivity index is 2.36. The van der Waals surface area contributed by atoms with Crippen LogP contribution in [0.3, 0.4) is 0 Å². The Hall–Kier alpha value is -1.32. The second kappa shape index (κ2) is 6.57. The Morgan fingerprint density at radius 2 is 2.06 bits per heavy atom. The molecule has 2 rings (SSSR count). The normalized spacial score (nSPS) is 10.8. The van der Waals surface area contributed by atoms with Gasteiger partial charge in [-0.25, -0.2) is 4.98 Å². The van der Waals surface area contributed by atoms with Crippen molar-refractivity contribution in [2.24, 2.45) is 0 Å². The molecule has 4 heteroatoms. The van der Waals surface area contributed by atoms with Gasteiger partial charge in [0.15, 0.2) is 0 Å². The van der Waals surface area contributed by atoms with Crippen molar-refractivity contribution >= 4 is 28.2 Å². The lowest BCUT2D eigenvalue weighted by molar-refractivity contribution is 0.205. The third-order valence-corrected chi connectivity index (χ3v) is 3.04. The molecule has 0 atom stereocenters. The highest BCUT2D eigenvalue weighted by molar-refractivity contribution is 6.18. The van der Waals surface area contributed by atoms with Crippen LogP contribution in [0.2, 0.25) is 0 Å². The second-order valence-corrected chi connectivity index (χ2v) is 4.40. The summed E-state index contributed by atoms with van der Waals surface area (Å²) in [7, 11) is 1.70. The van der Waals surface area contributed by atoms with Crippen molar-refractivity contribution in [3.8, 4) is 0 Å². The van der Waals surface area contributed by atoms with Gasteiger partial charge in [0, 0.05) is 37.7 Å². The number of methoxy groups -OCH3 is 1. The average Bonchev–Trinajstić information content (AvgIpc) is 2.43. The average molecular weight is 265 g/mol. The van der Waals surface area contributed by atoms with E-state index in [0.29, 0.717) is 12.5 Å². The van der Waals surface area contributed by atoms with Crippen LogP contribution < -0.4 is 4.90 Å². The van der Waals surface area contributed by atoms with Gasteiger partial charge in [-0.3, -0.25) is 0 Å². The van der Waals surface area contributed by atoms with Crippen LogP contribution in [0.15, 0.2) is 36.5 Å². The minimum absolute atomic E-state index is 0.578. The Kier molecular flexibility index (Phi) is 4.79. The minimum Gasteiger partial charge on any atom is -0.383 e. The first-order valence-electron chi connectivity index (χ1n) is 6.00. The SMILES string of the molecule is COCCN(CCCl)c1nccc2ccccc12. The smallest absolute Gasteiger partial charge is 0.136 e. The second-order valence-electron chi connectivity index (χ2n) is 4.02. The molecule has 0 bridgehead atoms. The molecule has 0 aliphatic carbocycles. The number of halogens is 1. The van der Waals surface area contributed by atoms with Crippen LogP contribution in [-0.4, -0.2) is 37.7 Å². The third-order valence-electron chi connectivity index (χ3n) is 2.87. The molecule has 1 heterocycles. The lowest BCUT2D eigenvalue weighted by atomic mass is 10.1. The molecule has 1 aromatic carbocycles. The molecule has 0 amide bonds. The van der Waals surface area contributed by atoms with Crippen LogP contribution in [0, 0.1) is 0 Å². The number of anilines is 1. The molecular weight excluding hydrogens is 248 g/mol. The number of benzene rings is 1. The summed E-state index contributed by atoms with van der Waals surface area (Å²) < 4.78 is 5.14. The zero-order valence-electron chi connectivity index (χ0n) is 10.5. The van der Waals surface area contributed by atoms with Crippen molar-refractivity contribution < 1.29 is 4.74 Å². The lowest BCUT2D eigenvalue weighted by Crippen LogP contribution is -2.30. The lowest BCUT2D eigenvalue weighted by Gasteiger charge is -2.23. The molecule has 0 N–H and O–H groups in total. The van der Waals surface area contributed by atoms with Crippen LogP contribution in [0.4, 0.5) is 5.82 Å². The molecule has 0 fully saturated rings. The molecular formula is C14H17ClN2O. The Labute approximate surface area is 112 Å². The highest BCUT2D eigenvalue weighted by atomic mass is 35.5. The summed E-state index contributed by atoms with van der Waals surface area (Å²) in [5.41, 5.74) is 0. The van der Waals surface area contributed by atoms with E-state index in [1.54, 1.807) is 7.11 Å². The van der Waals surface area contributed by atoms with Crippen molar-refractivity contribution in [1.29, 1.82) is 0 Å². The number of ether oxygens (including phenoxy) is 1. The quantitative estimate of drug-likeness (QED) is 0.750. The highest BCUT2D eigenvalue weighted by Gasteiger charge is 2.10. The molecule has 0 spiro atoms. The molecule has 0 saturated carbocycles. The minimum atomic E-state index is 0.578. The fourth-order valence-corrected chi connectivity index (χ4v) is 2.19. The van der Waals surface area contributed by atoms with Crippen molar-refractivity contribution in [2.45, 2.75) is 0 Å². The van der Waals surface area contributed by atoms with Crippen LogP contribution in [0.1, 0.15) is 0 Å². The van der Waals surface area contributed by atoms with Gasteiger partial charge < -0.3 is 9.64 Å². The molecule has 3 nitrogen and oxygen atoms in total. The summed E-state index contributed by atoms with van der Waals surface area (Å²) in [6.45, 7) is 2.23. The van der Waals surface area contributed by atoms with E-state index in [0.717, 1.165) is 24.3 Å². The van der Waals surface area contributed by atoms with Gasteiger partial charge in [0.1, 0.15) is 5.82 Å². The molecule has 0 aliphatic rings. The van der Waals surface area contributed by atoms with Crippen molar-refractivity contribution in [3.05, 3.63) is 36.5 Å². The fourth-order valence-electron chi connectivity index (χ4n) is 1.98. The third kappa shape index (κ3) is 2.92. The predicted octanol–water partition coefficient (Wildman–Crippen LogP) is 2.93. The number of nitrogens with zero attached hydrogens (tertiary/aromatic N) is 2. The Morgan fingerprint density at radius 1 is 1.22 bits per heavy atom. The van der Waals surface area contributed by atoms with E-state index < -0.39 is 0 Å². The number of hydrogen-bond donors (Lipinski definition) is 0. The van der Waals surface area contributed by atoms with E-state index in [9.17, 15) is 0 Å². The largest absolute Gasteiger partial charge is 0.383 e. The van der Waals surface area contributed by atoms with E-state index in [1.807, 2.05) is 24.4 Å². The van der Waals surface area contributed by atoms with E-state index in [1.165, 1.54) is 5.39 Å². The molecule has 96 valence electrons. The Morgan fingerprint density at radius 3 is 2.83 bits per heavy atom. The zero-order chi connectivity index (χ0) is 12.8. The summed E-state index contributed by atoms with van der Waals surface area (Å²) in [6, 6.07) is 10.3. The van der Waals surface area contributed by atoms with E-state index >= 15 is 0 Å². The van der Waals surface area contributed by atoms with Gasteiger partial charge in [0.25, 0.3) is 0 Å². The van der Waals surface area contributed by atoms with Crippen LogP contribution >= 0.6 is 11.6 Å². The maximum absolute atomic E-state index is 5.87. The first-order valence-corrected chi connectivity index (χ1v) is 6.54. The maximum atomic E-state index is 5.87. The summed E-state index contributed by atoms with van der Waals surface area (Å²) in [5.74, 6) is 1.56. The van der Waals surface area contributed by atoms with Gasteiger partial charge in [0.05, 0.1) is 6.61 Å². The van der Waals surface area contributed by atoms with Crippen LogP contribution in [-0.2, 0) is 4.74 Å². The van der Waals surface area contributed by atoms with Crippen LogP contribution in [0.25, 0.3) is 10.8 Å². The highest BCUT2D eigenvalue weighted by Crippen LogP contribution is 2.23. The first-order chi connectivity index (χ1) is 8.86. The predicted molar refractivity (Wildman–Crippen MR) is 76.6 cm³/mol. The van der Waals surface area contributed by atoms with E-state index in [4.69, 9.17) is 16.3 Å². The number of fused-ring (bicyclic) bond motifs is 1. The van der Waals surface area contributed by atoms with Crippen LogP contribution in [0.5, 0.6) is 0 Å². The number of alkyl halides is 1. The Bertz CT molecular complexity index is 499. The van der Waals surface area contributed by atoms with Gasteiger partial charge in [-0.1, -0.05) is 24.3 Å². The molecule has 0 unspecified atom stereocenters. The van der Waals surface area contributed by atoms with Gasteiger partial charge in [0.2, 0.25) is 0 Å². The molecule has 0 saturated heterocycles. The van der Waals surface area contributed by atoms with Crippen molar-refractivity contribution in [2.75, 3.05) is 37.6 Å². The summed E-state index contributed by atoms with van der Waals surface area (Å²) >= 11 is 5.87. The molecule has 0 aliphatic heterocycles. The van der Waals surface area contributed by atoms with Gasteiger partial charge in [-0.05, 0) is 11.5 Å². The van der Waals surface area contributed by atoms with Crippen molar-refractivity contribution in [3.63, 3.8) is 0 Å². The van der Waals surface area contributed by atoms with Gasteiger partial charge in [-0.15, -0.1) is 11.6 Å². The topological polar surface area (TPSA) is 25.4 Å². The van der Waals surface area contributed by atoms with E-state index in [-0.39, 0.29) is 0 Å². The molecule has 18 heavy (non-hydrogen) atoms. The zero-order valence-corrected chi connectivity index (χ0v) is 11.2. The first kappa shape index (κ1) is 13.1. The molecule has 0 radical (unpaired) electrons. The summed E-state index contributed by atoms with van der Waals surface area (Å²) in [5, 5.41) is 2.35. The van der Waals surface area contributed by atoms with Crippen molar-refractivity contribution in [1.82, 2.24) is 4.98 Å². The van der Waals surface area contributed by atoms with E-state index in [2.05, 4.69) is 22.0 Å². The standard InChI is InChI=1S/C14H17ClN2O/c1-18-11-10-17(9-7-15)14-13-5-3-2-4-12(13)6-8-16-14/h2-6,8H,7,9-11H2,1H3. The monoisotopic (exact) mass is 264 g/mol. The number of rotatable bonds is 6.